The molecule has 29 heavy (non-hydrogen) atoms. The third-order valence-electron chi connectivity index (χ3n) is 5.45. The Balaban J connectivity index is 1.48. The van der Waals surface area contributed by atoms with Crippen LogP contribution in [0.1, 0.15) is 53.1 Å². The second kappa shape index (κ2) is 8.58. The topological polar surface area (TPSA) is 87.0 Å². The lowest BCUT2D eigenvalue weighted by Crippen LogP contribution is -2.32. The fraction of sp³-hybridized carbons (Fsp3) is 0.409. The molecular weight excluding hydrogens is 371 g/mol. The first-order chi connectivity index (χ1) is 14.1. The van der Waals surface area contributed by atoms with Gasteiger partial charge in [0.1, 0.15) is 11.6 Å². The first kappa shape index (κ1) is 19.3. The highest BCUT2D eigenvalue weighted by Gasteiger charge is 2.29. The van der Waals surface area contributed by atoms with E-state index in [2.05, 4.69) is 15.6 Å². The quantitative estimate of drug-likeness (QED) is 0.777. The smallest absolute Gasteiger partial charge is 0.253 e. The number of pyridine rings is 1. The molecule has 1 amide bonds. The number of benzene rings is 1. The van der Waals surface area contributed by atoms with Gasteiger partial charge in [0.05, 0.1) is 22.9 Å². The van der Waals surface area contributed by atoms with E-state index in [1.807, 2.05) is 12.1 Å². The Bertz CT molecular complexity index is 946. The maximum absolute atomic E-state index is 14.2. The van der Waals surface area contributed by atoms with Crippen molar-refractivity contribution in [1.82, 2.24) is 10.3 Å². The van der Waals surface area contributed by atoms with Gasteiger partial charge in [0.2, 0.25) is 0 Å². The molecule has 0 bridgehead atoms. The van der Waals surface area contributed by atoms with Crippen molar-refractivity contribution in [3.8, 4) is 6.07 Å². The van der Waals surface area contributed by atoms with Crippen LogP contribution in [0.5, 0.6) is 0 Å². The molecule has 2 N–H and O–H groups in total. The van der Waals surface area contributed by atoms with Gasteiger partial charge < -0.3 is 15.4 Å². The van der Waals surface area contributed by atoms with E-state index in [1.54, 1.807) is 12.3 Å². The number of anilines is 2. The zero-order valence-corrected chi connectivity index (χ0v) is 16.1. The van der Waals surface area contributed by atoms with Crippen molar-refractivity contribution in [1.29, 1.82) is 5.26 Å². The molecule has 0 unspecified atom stereocenters. The fourth-order valence-electron chi connectivity index (χ4n) is 3.57. The lowest BCUT2D eigenvalue weighted by molar-refractivity contribution is 0.0642. The number of carbonyl (C=O) groups is 1. The Hall–Kier alpha value is -2.98. The molecule has 1 saturated heterocycles. The van der Waals surface area contributed by atoms with Crippen molar-refractivity contribution in [2.75, 3.05) is 25.1 Å². The molecule has 2 heterocycles. The van der Waals surface area contributed by atoms with Crippen molar-refractivity contribution in [3.63, 3.8) is 0 Å². The van der Waals surface area contributed by atoms with Crippen molar-refractivity contribution < 1.29 is 13.9 Å². The van der Waals surface area contributed by atoms with Crippen molar-refractivity contribution >= 4 is 17.4 Å². The summed E-state index contributed by atoms with van der Waals surface area (Å²) in [7, 11) is 0. The van der Waals surface area contributed by atoms with Crippen LogP contribution >= 0.6 is 0 Å². The largest absolute Gasteiger partial charge is 0.381 e. The van der Waals surface area contributed by atoms with E-state index in [0.717, 1.165) is 44.5 Å². The van der Waals surface area contributed by atoms with Crippen LogP contribution in [0.4, 0.5) is 15.9 Å². The van der Waals surface area contributed by atoms with Gasteiger partial charge in [0.25, 0.3) is 5.91 Å². The lowest BCUT2D eigenvalue weighted by Gasteiger charge is -2.22. The van der Waals surface area contributed by atoms with Gasteiger partial charge in [0.15, 0.2) is 0 Å². The number of carbonyl (C=O) groups excluding carboxylic acids is 1. The summed E-state index contributed by atoms with van der Waals surface area (Å²) in [5.41, 5.74) is 2.04. The summed E-state index contributed by atoms with van der Waals surface area (Å²) in [6.07, 6.45) is 5.57. The Kier molecular flexibility index (Phi) is 5.72. The maximum atomic E-state index is 14.2. The summed E-state index contributed by atoms with van der Waals surface area (Å²) < 4.78 is 19.5. The summed E-state index contributed by atoms with van der Waals surface area (Å²) >= 11 is 0. The number of hydrogen-bond donors (Lipinski definition) is 2. The highest BCUT2D eigenvalue weighted by atomic mass is 19.1. The van der Waals surface area contributed by atoms with E-state index >= 15 is 0 Å². The van der Waals surface area contributed by atoms with Crippen LogP contribution in [-0.4, -0.2) is 30.6 Å². The number of ether oxygens (including phenoxy) is 1. The number of nitrogens with one attached hydrogen (secondary N) is 2. The molecule has 2 fully saturated rings. The Morgan fingerprint density at radius 2 is 2.03 bits per heavy atom. The molecule has 1 aliphatic carbocycles. The molecule has 1 aromatic heterocycles. The number of amides is 1. The van der Waals surface area contributed by atoms with Crippen LogP contribution in [0.2, 0.25) is 0 Å². The van der Waals surface area contributed by atoms with Gasteiger partial charge in [-0.05, 0) is 67.3 Å². The molecule has 4 rings (SSSR count). The van der Waals surface area contributed by atoms with Gasteiger partial charge in [0, 0.05) is 26.0 Å². The SMILES string of the molecule is N#Cc1ccc(Nc2cc(C3CC3)c(C(=O)NCC3CCOCC3)cn2)c(F)c1. The third-order valence-corrected chi connectivity index (χ3v) is 5.45. The van der Waals surface area contributed by atoms with E-state index in [9.17, 15) is 9.18 Å². The van der Waals surface area contributed by atoms with E-state index in [-0.39, 0.29) is 17.2 Å². The predicted molar refractivity (Wildman–Crippen MR) is 106 cm³/mol. The number of nitriles is 1. The van der Waals surface area contributed by atoms with E-state index in [4.69, 9.17) is 10.00 Å². The fourth-order valence-corrected chi connectivity index (χ4v) is 3.57. The second-order valence-corrected chi connectivity index (χ2v) is 7.63. The number of halogens is 1. The van der Waals surface area contributed by atoms with Gasteiger partial charge in [-0.25, -0.2) is 9.37 Å². The van der Waals surface area contributed by atoms with Crippen LogP contribution in [0.3, 0.4) is 0 Å². The molecule has 1 saturated carbocycles. The van der Waals surface area contributed by atoms with Crippen molar-refractivity contribution in [2.24, 2.45) is 5.92 Å². The van der Waals surface area contributed by atoms with Crippen molar-refractivity contribution in [2.45, 2.75) is 31.6 Å². The average Bonchev–Trinajstić information content (AvgIpc) is 3.59. The highest BCUT2D eigenvalue weighted by Crippen LogP contribution is 2.42. The summed E-state index contributed by atoms with van der Waals surface area (Å²) in [6.45, 7) is 2.14. The van der Waals surface area contributed by atoms with Crippen molar-refractivity contribution in [3.05, 3.63) is 53.0 Å². The minimum absolute atomic E-state index is 0.109. The van der Waals surface area contributed by atoms with Crippen LogP contribution in [-0.2, 0) is 4.74 Å². The van der Waals surface area contributed by atoms with Gasteiger partial charge in [-0.3, -0.25) is 4.79 Å². The number of hydrogen-bond acceptors (Lipinski definition) is 5. The van der Waals surface area contributed by atoms with Gasteiger partial charge in [-0.2, -0.15) is 5.26 Å². The Labute approximate surface area is 169 Å². The molecule has 2 aliphatic rings. The molecule has 0 radical (unpaired) electrons. The second-order valence-electron chi connectivity index (χ2n) is 7.63. The summed E-state index contributed by atoms with van der Waals surface area (Å²) in [6, 6.07) is 7.99. The van der Waals surface area contributed by atoms with Crippen LogP contribution in [0.15, 0.2) is 30.5 Å². The molecule has 2 aromatic rings. The summed E-state index contributed by atoms with van der Waals surface area (Å²) in [4.78, 5) is 17.1. The van der Waals surface area contributed by atoms with Crippen LogP contribution < -0.4 is 10.6 Å². The number of nitrogens with zero attached hydrogens (tertiary/aromatic N) is 2. The average molecular weight is 394 g/mol. The first-order valence-electron chi connectivity index (χ1n) is 9.96. The van der Waals surface area contributed by atoms with E-state index < -0.39 is 5.82 Å². The minimum atomic E-state index is -0.517. The van der Waals surface area contributed by atoms with Crippen LogP contribution in [0.25, 0.3) is 0 Å². The molecule has 0 spiro atoms. The lowest BCUT2D eigenvalue weighted by atomic mass is 10.00. The molecule has 1 aliphatic heterocycles. The molecule has 150 valence electrons. The predicted octanol–water partition coefficient (Wildman–Crippen LogP) is 3.87. The third kappa shape index (κ3) is 4.72. The first-order valence-corrected chi connectivity index (χ1v) is 9.96. The molecule has 0 atom stereocenters. The minimum Gasteiger partial charge on any atom is -0.381 e. The molecule has 6 nitrogen and oxygen atoms in total. The highest BCUT2D eigenvalue weighted by molar-refractivity contribution is 5.96. The maximum Gasteiger partial charge on any atom is 0.253 e. The van der Waals surface area contributed by atoms with Gasteiger partial charge in [-0.15, -0.1) is 0 Å². The normalized spacial score (nSPS) is 16.8. The van der Waals surface area contributed by atoms with E-state index in [1.165, 1.54) is 12.1 Å². The monoisotopic (exact) mass is 394 g/mol. The van der Waals surface area contributed by atoms with Gasteiger partial charge in [-0.1, -0.05) is 0 Å². The number of rotatable bonds is 6. The standard InChI is InChI=1S/C22H23FN4O2/c23-19-9-15(11-24)1-4-20(19)27-21-10-17(16-2-3-16)18(13-25-21)22(28)26-12-14-5-7-29-8-6-14/h1,4,9-10,13-14,16H,2-3,5-8,12H2,(H,25,27)(H,26,28). The summed E-state index contributed by atoms with van der Waals surface area (Å²) in [5.74, 6) is 0.647. The van der Waals surface area contributed by atoms with Crippen LogP contribution in [0, 0.1) is 23.1 Å². The molecule has 7 heteroatoms. The Morgan fingerprint density at radius 3 is 2.72 bits per heavy atom. The Morgan fingerprint density at radius 1 is 1.24 bits per heavy atom. The zero-order chi connectivity index (χ0) is 20.2. The molecular formula is C22H23FN4O2. The summed E-state index contributed by atoms with van der Waals surface area (Å²) in [5, 5.41) is 14.9. The number of aromatic nitrogens is 1. The van der Waals surface area contributed by atoms with Gasteiger partial charge >= 0.3 is 0 Å². The molecule has 1 aromatic carbocycles. The van der Waals surface area contributed by atoms with E-state index in [0.29, 0.717) is 29.8 Å². The zero-order valence-electron chi connectivity index (χ0n) is 16.1.